The Labute approximate surface area is 143 Å². The van der Waals surface area contributed by atoms with Gasteiger partial charge in [-0.05, 0) is 35.2 Å². The molecule has 0 amide bonds. The SMILES string of the molecule is COc1ccc(C=O)cc1OCCOc1ccccc1C(C)(C)C. The molecule has 128 valence electrons. The molecule has 0 bridgehead atoms. The van der Waals surface area contributed by atoms with E-state index in [-0.39, 0.29) is 5.41 Å². The van der Waals surface area contributed by atoms with Crippen LogP contribution in [0.3, 0.4) is 0 Å². The summed E-state index contributed by atoms with van der Waals surface area (Å²) in [7, 11) is 1.57. The molecule has 0 atom stereocenters. The molecule has 0 aliphatic heterocycles. The first kappa shape index (κ1) is 17.9. The van der Waals surface area contributed by atoms with E-state index < -0.39 is 0 Å². The highest BCUT2D eigenvalue weighted by Crippen LogP contribution is 2.31. The van der Waals surface area contributed by atoms with E-state index in [4.69, 9.17) is 14.2 Å². The lowest BCUT2D eigenvalue weighted by Gasteiger charge is -2.22. The first-order valence-electron chi connectivity index (χ1n) is 7.94. The predicted octanol–water partition coefficient (Wildman–Crippen LogP) is 4.26. The van der Waals surface area contributed by atoms with Crippen LogP contribution in [-0.4, -0.2) is 26.6 Å². The zero-order valence-corrected chi connectivity index (χ0v) is 14.7. The molecule has 0 saturated carbocycles. The third-order valence-corrected chi connectivity index (χ3v) is 3.62. The minimum absolute atomic E-state index is 0.0129. The second kappa shape index (κ2) is 7.86. The van der Waals surface area contributed by atoms with Crippen molar-refractivity contribution in [1.29, 1.82) is 0 Å². The van der Waals surface area contributed by atoms with Crippen molar-refractivity contribution in [2.45, 2.75) is 26.2 Å². The summed E-state index contributed by atoms with van der Waals surface area (Å²) in [6.45, 7) is 7.23. The molecule has 24 heavy (non-hydrogen) atoms. The number of aldehydes is 1. The number of carbonyl (C=O) groups excluding carboxylic acids is 1. The van der Waals surface area contributed by atoms with Crippen LogP contribution in [-0.2, 0) is 5.41 Å². The van der Waals surface area contributed by atoms with E-state index in [0.29, 0.717) is 30.3 Å². The molecule has 0 radical (unpaired) electrons. The predicted molar refractivity (Wildman–Crippen MR) is 94.5 cm³/mol. The van der Waals surface area contributed by atoms with Gasteiger partial charge in [0.05, 0.1) is 7.11 Å². The molecule has 0 saturated heterocycles. The molecule has 4 nitrogen and oxygen atoms in total. The zero-order chi connectivity index (χ0) is 17.6. The summed E-state index contributed by atoms with van der Waals surface area (Å²) in [5.74, 6) is 1.99. The zero-order valence-electron chi connectivity index (χ0n) is 14.7. The summed E-state index contributed by atoms with van der Waals surface area (Å²) in [5.41, 5.74) is 1.72. The Morgan fingerprint density at radius 1 is 0.917 bits per heavy atom. The average molecular weight is 328 g/mol. The maximum Gasteiger partial charge on any atom is 0.162 e. The van der Waals surface area contributed by atoms with E-state index >= 15 is 0 Å². The highest BCUT2D eigenvalue weighted by Gasteiger charge is 2.18. The van der Waals surface area contributed by atoms with Crippen molar-refractivity contribution in [3.05, 3.63) is 53.6 Å². The summed E-state index contributed by atoms with van der Waals surface area (Å²) >= 11 is 0. The van der Waals surface area contributed by atoms with Crippen LogP contribution in [0.4, 0.5) is 0 Å². The van der Waals surface area contributed by atoms with E-state index in [2.05, 4.69) is 26.8 Å². The molecule has 0 N–H and O–H groups in total. The molecular formula is C20H24O4. The van der Waals surface area contributed by atoms with Crippen molar-refractivity contribution in [1.82, 2.24) is 0 Å². The van der Waals surface area contributed by atoms with Gasteiger partial charge in [-0.3, -0.25) is 4.79 Å². The molecule has 0 aliphatic carbocycles. The van der Waals surface area contributed by atoms with Crippen molar-refractivity contribution in [2.24, 2.45) is 0 Å². The van der Waals surface area contributed by atoms with Crippen LogP contribution in [0.25, 0.3) is 0 Å². The van der Waals surface area contributed by atoms with Crippen LogP contribution in [0.1, 0.15) is 36.7 Å². The molecule has 0 spiro atoms. The van der Waals surface area contributed by atoms with Crippen LogP contribution in [0.5, 0.6) is 17.2 Å². The van der Waals surface area contributed by atoms with Crippen LogP contribution in [0, 0.1) is 0 Å². The third-order valence-electron chi connectivity index (χ3n) is 3.62. The van der Waals surface area contributed by atoms with Crippen molar-refractivity contribution in [3.63, 3.8) is 0 Å². The maximum atomic E-state index is 10.9. The van der Waals surface area contributed by atoms with Crippen molar-refractivity contribution >= 4 is 6.29 Å². The lowest BCUT2D eigenvalue weighted by molar-refractivity contribution is 0.112. The highest BCUT2D eigenvalue weighted by atomic mass is 16.5. The van der Waals surface area contributed by atoms with Crippen LogP contribution < -0.4 is 14.2 Å². The van der Waals surface area contributed by atoms with Gasteiger partial charge >= 0.3 is 0 Å². The number of methoxy groups -OCH3 is 1. The second-order valence-corrected chi connectivity index (χ2v) is 6.47. The molecule has 0 unspecified atom stereocenters. The Kier molecular flexibility index (Phi) is 5.85. The topological polar surface area (TPSA) is 44.8 Å². The van der Waals surface area contributed by atoms with Crippen molar-refractivity contribution in [2.75, 3.05) is 20.3 Å². The van der Waals surface area contributed by atoms with Gasteiger partial charge in [0.1, 0.15) is 25.2 Å². The summed E-state index contributed by atoms with van der Waals surface area (Å²) in [5, 5.41) is 0. The van der Waals surface area contributed by atoms with Gasteiger partial charge in [0.25, 0.3) is 0 Å². The van der Waals surface area contributed by atoms with Crippen LogP contribution in [0.15, 0.2) is 42.5 Å². The first-order chi connectivity index (χ1) is 11.5. The Bertz CT molecular complexity index is 686. The molecule has 0 aromatic heterocycles. The van der Waals surface area contributed by atoms with Gasteiger partial charge in [-0.15, -0.1) is 0 Å². The fourth-order valence-electron chi connectivity index (χ4n) is 2.39. The van der Waals surface area contributed by atoms with Crippen LogP contribution >= 0.6 is 0 Å². The van der Waals surface area contributed by atoms with E-state index in [9.17, 15) is 4.79 Å². The van der Waals surface area contributed by atoms with Gasteiger partial charge in [-0.25, -0.2) is 0 Å². The molecule has 0 heterocycles. The molecule has 2 aromatic carbocycles. The van der Waals surface area contributed by atoms with E-state index in [1.54, 1.807) is 25.3 Å². The standard InChI is InChI=1S/C20H24O4/c1-20(2,3)16-7-5-6-8-17(16)23-11-12-24-19-13-15(14-21)9-10-18(19)22-4/h5-10,13-14H,11-12H2,1-4H3. The number of benzene rings is 2. The van der Waals surface area contributed by atoms with E-state index in [1.165, 1.54) is 0 Å². The highest BCUT2D eigenvalue weighted by molar-refractivity contribution is 5.76. The summed E-state index contributed by atoms with van der Waals surface area (Å²) in [6, 6.07) is 13.1. The number of carbonyl (C=O) groups is 1. The number of hydrogen-bond acceptors (Lipinski definition) is 4. The van der Waals surface area contributed by atoms with Gasteiger partial charge in [0.2, 0.25) is 0 Å². The van der Waals surface area contributed by atoms with Gasteiger partial charge in [0.15, 0.2) is 11.5 Å². The molecule has 2 rings (SSSR count). The van der Waals surface area contributed by atoms with Crippen LogP contribution in [0.2, 0.25) is 0 Å². The Hall–Kier alpha value is -2.49. The number of para-hydroxylation sites is 1. The van der Waals surface area contributed by atoms with Gasteiger partial charge in [0, 0.05) is 5.56 Å². The summed E-state index contributed by atoms with van der Waals surface area (Å²) in [6.07, 6.45) is 0.780. The molecule has 4 heteroatoms. The van der Waals surface area contributed by atoms with E-state index in [1.807, 2.05) is 18.2 Å². The second-order valence-electron chi connectivity index (χ2n) is 6.47. The Morgan fingerprint density at radius 2 is 1.58 bits per heavy atom. The Balaban J connectivity index is 1.98. The summed E-state index contributed by atoms with van der Waals surface area (Å²) in [4.78, 5) is 10.9. The fraction of sp³-hybridized carbons (Fsp3) is 0.350. The number of ether oxygens (including phenoxy) is 3. The molecule has 0 aliphatic rings. The van der Waals surface area contributed by atoms with Gasteiger partial charge in [-0.2, -0.15) is 0 Å². The average Bonchev–Trinajstić information content (AvgIpc) is 2.58. The Morgan fingerprint density at radius 3 is 2.21 bits per heavy atom. The lowest BCUT2D eigenvalue weighted by Crippen LogP contribution is -2.16. The smallest absolute Gasteiger partial charge is 0.162 e. The maximum absolute atomic E-state index is 10.9. The lowest BCUT2D eigenvalue weighted by atomic mass is 9.86. The van der Waals surface area contributed by atoms with Gasteiger partial charge < -0.3 is 14.2 Å². The van der Waals surface area contributed by atoms with Crippen molar-refractivity contribution in [3.8, 4) is 17.2 Å². The number of rotatable bonds is 7. The monoisotopic (exact) mass is 328 g/mol. The third kappa shape index (κ3) is 4.51. The minimum Gasteiger partial charge on any atom is -0.493 e. The van der Waals surface area contributed by atoms with E-state index in [0.717, 1.165) is 17.6 Å². The first-order valence-corrected chi connectivity index (χ1v) is 7.94. The largest absolute Gasteiger partial charge is 0.493 e. The fourth-order valence-corrected chi connectivity index (χ4v) is 2.39. The van der Waals surface area contributed by atoms with Gasteiger partial charge in [-0.1, -0.05) is 39.0 Å². The summed E-state index contributed by atoms with van der Waals surface area (Å²) < 4.78 is 16.8. The minimum atomic E-state index is 0.0129. The number of hydrogen-bond donors (Lipinski definition) is 0. The molecule has 2 aromatic rings. The quantitative estimate of drug-likeness (QED) is 0.562. The molecule has 0 fully saturated rings. The van der Waals surface area contributed by atoms with Crippen molar-refractivity contribution < 1.29 is 19.0 Å². The normalized spacial score (nSPS) is 11.0. The molecular weight excluding hydrogens is 304 g/mol.